The molecule has 1 aromatic rings. The monoisotopic (exact) mass is 278 g/mol. The van der Waals surface area contributed by atoms with E-state index in [2.05, 4.69) is 45.7 Å². The molecule has 0 amide bonds. The van der Waals surface area contributed by atoms with E-state index in [0.29, 0.717) is 11.5 Å². The van der Waals surface area contributed by atoms with Gasteiger partial charge in [0.1, 0.15) is 0 Å². The molecule has 4 nitrogen and oxygen atoms in total. The van der Waals surface area contributed by atoms with Gasteiger partial charge in [-0.25, -0.2) is 0 Å². The molecule has 6 heteroatoms. The first-order valence-electron chi connectivity index (χ1n) is 4.89. The molecule has 0 unspecified atom stereocenters. The third-order valence-corrected chi connectivity index (χ3v) is 4.49. The van der Waals surface area contributed by atoms with E-state index < -0.39 is 8.07 Å². The van der Waals surface area contributed by atoms with Gasteiger partial charge < -0.3 is 0 Å². The van der Waals surface area contributed by atoms with Gasteiger partial charge in [-0.3, -0.25) is 0 Å². The van der Waals surface area contributed by atoms with Crippen molar-refractivity contribution in [2.75, 3.05) is 6.61 Å². The van der Waals surface area contributed by atoms with E-state index >= 15 is 0 Å². The van der Waals surface area contributed by atoms with Crippen molar-refractivity contribution in [1.82, 2.24) is 14.8 Å². The quantitative estimate of drug-likeness (QED) is 0.612. The van der Waals surface area contributed by atoms with Crippen molar-refractivity contribution in [3.05, 3.63) is 11.1 Å². The second-order valence-corrected chi connectivity index (χ2v) is 12.0. The van der Waals surface area contributed by atoms with Crippen LogP contribution in [0.2, 0.25) is 25.7 Å². The van der Waals surface area contributed by atoms with Gasteiger partial charge in [0.05, 0.1) is 0 Å². The van der Waals surface area contributed by atoms with Gasteiger partial charge in [-0.15, -0.1) is 0 Å². The van der Waals surface area contributed by atoms with Gasteiger partial charge in [-0.05, 0) is 0 Å². The predicted molar refractivity (Wildman–Crippen MR) is 63.2 cm³/mol. The third kappa shape index (κ3) is 4.34. The fraction of sp³-hybridized carbons (Fsp3) is 0.750. The molecule has 1 aromatic heterocycles. The Morgan fingerprint density at radius 2 is 2.21 bits per heavy atom. The Morgan fingerprint density at radius 1 is 1.50 bits per heavy atom. The number of hydrogen-bond donors (Lipinski definition) is 0. The van der Waals surface area contributed by atoms with E-state index in [9.17, 15) is 0 Å². The van der Waals surface area contributed by atoms with Crippen LogP contribution in [-0.2, 0) is 11.5 Å². The van der Waals surface area contributed by atoms with E-state index in [1.807, 2.05) is 0 Å². The Kier molecular flexibility index (Phi) is 4.27. The van der Waals surface area contributed by atoms with Gasteiger partial charge in [0.15, 0.2) is 0 Å². The molecule has 0 saturated heterocycles. The molecule has 1 rings (SSSR count). The van der Waals surface area contributed by atoms with E-state index in [4.69, 9.17) is 4.74 Å². The number of hydrogen-bond acceptors (Lipinski definition) is 3. The maximum absolute atomic E-state index is 5.51. The Balaban J connectivity index is 2.20. The zero-order chi connectivity index (χ0) is 10.6. The molecule has 0 aromatic carbocycles. The molecule has 0 fully saturated rings. The van der Waals surface area contributed by atoms with Crippen molar-refractivity contribution in [1.29, 1.82) is 0 Å². The standard InChI is InChI=1S/C8H17BrN3OSi/c1-14(2,3)5-4-13-7-12-8(9)10-6-11-12/h6,14H,4-5,7H2,1-3H3/q-1. The summed E-state index contributed by atoms with van der Waals surface area (Å²) in [5, 5.41) is 4.00. The fourth-order valence-electron chi connectivity index (χ4n) is 0.925. The van der Waals surface area contributed by atoms with Crippen LogP contribution in [0.3, 0.4) is 0 Å². The summed E-state index contributed by atoms with van der Waals surface area (Å²) in [6, 6.07) is 1.21. The number of ether oxygens (including phenoxy) is 1. The maximum atomic E-state index is 5.51. The topological polar surface area (TPSA) is 39.9 Å². The zero-order valence-corrected chi connectivity index (χ0v) is 11.6. The first kappa shape index (κ1) is 11.9. The summed E-state index contributed by atoms with van der Waals surface area (Å²) in [5.41, 5.74) is 0. The minimum absolute atomic E-state index is 0.482. The summed E-state index contributed by atoms with van der Waals surface area (Å²) in [5.74, 6) is 0. The number of halogens is 1. The Hall–Kier alpha value is -0.203. The zero-order valence-electron chi connectivity index (χ0n) is 8.90. The van der Waals surface area contributed by atoms with Crippen LogP contribution in [-0.4, -0.2) is 29.4 Å². The first-order chi connectivity index (χ1) is 6.49. The van der Waals surface area contributed by atoms with E-state index in [1.54, 1.807) is 4.68 Å². The summed E-state index contributed by atoms with van der Waals surface area (Å²) in [6.07, 6.45) is 1.51. The van der Waals surface area contributed by atoms with Crippen LogP contribution in [0.25, 0.3) is 0 Å². The van der Waals surface area contributed by atoms with Gasteiger partial charge in [0, 0.05) is 0 Å². The van der Waals surface area contributed by atoms with Crippen molar-refractivity contribution in [2.24, 2.45) is 0 Å². The summed E-state index contributed by atoms with van der Waals surface area (Å²) in [4.78, 5) is 3.94. The first-order valence-corrected chi connectivity index (χ1v) is 9.96. The molecule has 0 N–H and O–H groups in total. The Bertz CT molecular complexity index is 284. The molecule has 0 aliphatic carbocycles. The molecule has 1 heterocycles. The second-order valence-electron chi connectivity index (χ2n) is 4.81. The van der Waals surface area contributed by atoms with Crippen molar-refractivity contribution in [2.45, 2.75) is 32.4 Å². The van der Waals surface area contributed by atoms with Crippen molar-refractivity contribution in [3.63, 3.8) is 0 Å². The minimum atomic E-state index is -1.23. The summed E-state index contributed by atoms with van der Waals surface area (Å²) < 4.78 is 7.91. The Labute approximate surface area is 93.8 Å². The van der Waals surface area contributed by atoms with Gasteiger partial charge in [0.25, 0.3) is 0 Å². The Morgan fingerprint density at radius 3 is 2.71 bits per heavy atom. The molecule has 0 radical (unpaired) electrons. The number of nitrogens with zero attached hydrogens (tertiary/aromatic N) is 3. The average Bonchev–Trinajstić information content (AvgIpc) is 2.44. The SMILES string of the molecule is C[SiH-](C)(C)CCOCn1ncnc1Br. The van der Waals surface area contributed by atoms with Gasteiger partial charge in [0.2, 0.25) is 0 Å². The summed E-state index contributed by atoms with van der Waals surface area (Å²) in [6.45, 7) is 8.39. The van der Waals surface area contributed by atoms with Crippen molar-refractivity contribution in [3.8, 4) is 0 Å². The molecule has 0 spiro atoms. The van der Waals surface area contributed by atoms with Gasteiger partial charge in [-0.2, -0.15) is 0 Å². The fourth-order valence-corrected chi connectivity index (χ4v) is 2.08. The van der Waals surface area contributed by atoms with Gasteiger partial charge in [-0.1, -0.05) is 0 Å². The van der Waals surface area contributed by atoms with Crippen LogP contribution in [0.4, 0.5) is 0 Å². The second kappa shape index (κ2) is 5.04. The van der Waals surface area contributed by atoms with Crippen LogP contribution in [0.15, 0.2) is 11.1 Å². The van der Waals surface area contributed by atoms with Gasteiger partial charge >= 0.3 is 93.6 Å². The molecular formula is C8H17BrN3OSi-. The molecule has 0 saturated carbocycles. The van der Waals surface area contributed by atoms with E-state index in [1.165, 1.54) is 12.4 Å². The third-order valence-electron chi connectivity index (χ3n) is 1.91. The van der Waals surface area contributed by atoms with Crippen LogP contribution in [0.5, 0.6) is 0 Å². The van der Waals surface area contributed by atoms with Crippen LogP contribution < -0.4 is 0 Å². The average molecular weight is 279 g/mol. The van der Waals surface area contributed by atoms with Crippen LogP contribution >= 0.6 is 15.9 Å². The summed E-state index contributed by atoms with van der Waals surface area (Å²) >= 11 is 3.28. The molecule has 0 aliphatic heterocycles. The predicted octanol–water partition coefficient (Wildman–Crippen LogP) is 2.09. The van der Waals surface area contributed by atoms with Crippen LogP contribution in [0.1, 0.15) is 0 Å². The molecular weight excluding hydrogens is 262 g/mol. The van der Waals surface area contributed by atoms with E-state index in [0.717, 1.165) is 6.61 Å². The normalized spacial score (nSPS) is 13.1. The summed E-state index contributed by atoms with van der Waals surface area (Å²) in [7, 11) is -1.23. The molecule has 0 bridgehead atoms. The van der Waals surface area contributed by atoms with E-state index in [-0.39, 0.29) is 0 Å². The van der Waals surface area contributed by atoms with Crippen molar-refractivity contribution >= 4 is 24.0 Å². The molecule has 0 aliphatic rings. The molecule has 0 atom stereocenters. The van der Waals surface area contributed by atoms with Crippen molar-refractivity contribution < 1.29 is 4.74 Å². The number of rotatable bonds is 5. The molecule has 14 heavy (non-hydrogen) atoms. The number of aromatic nitrogens is 3. The van der Waals surface area contributed by atoms with Crippen LogP contribution in [0, 0.1) is 0 Å². The molecule has 82 valence electrons.